The Morgan fingerprint density at radius 3 is 2.17 bits per heavy atom. The maximum absolute atomic E-state index is 13.0. The van der Waals surface area contributed by atoms with E-state index < -0.39 is 6.04 Å². The molecule has 3 aromatic rings. The van der Waals surface area contributed by atoms with Gasteiger partial charge < -0.3 is 20.4 Å². The molecule has 0 aliphatic carbocycles. The fraction of sp³-hybridized carbons (Fsp3) is 0.310. The van der Waals surface area contributed by atoms with Crippen LogP contribution in [0.25, 0.3) is 0 Å². The van der Waals surface area contributed by atoms with Gasteiger partial charge in [0.05, 0.1) is 12.5 Å². The molecule has 3 aromatic carbocycles. The van der Waals surface area contributed by atoms with E-state index in [0.29, 0.717) is 5.56 Å². The normalized spacial score (nSPS) is 14.9. The third-order valence-electron chi connectivity index (χ3n) is 6.57. The second-order valence-corrected chi connectivity index (χ2v) is 8.98. The minimum Gasteiger partial charge on any atom is -0.369 e. The van der Waals surface area contributed by atoms with Gasteiger partial charge in [-0.1, -0.05) is 55.5 Å². The largest absolute Gasteiger partial charge is 0.369 e. The predicted octanol–water partition coefficient (Wildman–Crippen LogP) is 4.64. The molecule has 0 radical (unpaired) electrons. The number of nitrogens with one attached hydrogen (secondary N) is 2. The molecule has 182 valence electrons. The van der Waals surface area contributed by atoms with E-state index >= 15 is 0 Å². The zero-order chi connectivity index (χ0) is 24.6. The first-order valence-corrected chi connectivity index (χ1v) is 12.3. The summed E-state index contributed by atoms with van der Waals surface area (Å²) in [5.41, 5.74) is 4.59. The number of nitrogens with zero attached hydrogens (tertiary/aromatic N) is 2. The summed E-state index contributed by atoms with van der Waals surface area (Å²) in [7, 11) is 0. The number of amides is 2. The Balaban J connectivity index is 1.42. The number of benzene rings is 3. The van der Waals surface area contributed by atoms with Gasteiger partial charge in [-0.05, 0) is 54.9 Å². The van der Waals surface area contributed by atoms with Gasteiger partial charge in [0, 0.05) is 43.1 Å². The Bertz CT molecular complexity index is 1130. The molecule has 0 aromatic heterocycles. The van der Waals surface area contributed by atoms with Crippen molar-refractivity contribution in [3.05, 3.63) is 95.6 Å². The molecular weight excluding hydrogens is 436 g/mol. The minimum absolute atomic E-state index is 0.141. The lowest BCUT2D eigenvalue weighted by molar-refractivity contribution is -0.116. The number of aryl methyl sites for hydroxylation is 1. The maximum Gasteiger partial charge on any atom is 0.251 e. The van der Waals surface area contributed by atoms with E-state index in [1.807, 2.05) is 60.7 Å². The highest BCUT2D eigenvalue weighted by molar-refractivity contribution is 5.96. The van der Waals surface area contributed by atoms with Crippen molar-refractivity contribution in [3.63, 3.8) is 0 Å². The van der Waals surface area contributed by atoms with Crippen LogP contribution in [0.2, 0.25) is 0 Å². The van der Waals surface area contributed by atoms with Crippen LogP contribution in [0.5, 0.6) is 0 Å². The Morgan fingerprint density at radius 2 is 1.54 bits per heavy atom. The number of rotatable bonds is 8. The highest BCUT2D eigenvalue weighted by Crippen LogP contribution is 2.26. The van der Waals surface area contributed by atoms with Crippen LogP contribution < -0.4 is 15.5 Å². The molecule has 1 fully saturated rings. The van der Waals surface area contributed by atoms with Gasteiger partial charge >= 0.3 is 0 Å². The van der Waals surface area contributed by atoms with Crippen molar-refractivity contribution in [1.29, 1.82) is 0 Å². The number of carbonyl (C=O) groups excluding carboxylic acids is 2. The lowest BCUT2D eigenvalue weighted by atomic mass is 10.0. The van der Waals surface area contributed by atoms with E-state index in [2.05, 4.69) is 40.3 Å². The third kappa shape index (κ3) is 6.49. The quantitative estimate of drug-likeness (QED) is 0.504. The van der Waals surface area contributed by atoms with Crippen molar-refractivity contribution in [2.24, 2.45) is 0 Å². The highest BCUT2D eigenvalue weighted by Gasteiger charge is 2.20. The Morgan fingerprint density at radius 1 is 0.886 bits per heavy atom. The van der Waals surface area contributed by atoms with Crippen molar-refractivity contribution < 1.29 is 9.59 Å². The average Bonchev–Trinajstić information content (AvgIpc) is 2.89. The summed E-state index contributed by atoms with van der Waals surface area (Å²) in [6.07, 6.45) is 0.141. The summed E-state index contributed by atoms with van der Waals surface area (Å²) in [5, 5.41) is 6.05. The van der Waals surface area contributed by atoms with Gasteiger partial charge in [0.2, 0.25) is 5.91 Å². The molecule has 1 atom stereocenters. The Labute approximate surface area is 207 Å². The lowest BCUT2D eigenvalue weighted by Gasteiger charge is -2.36. The Kier molecular flexibility index (Phi) is 8.16. The topological polar surface area (TPSA) is 64.7 Å². The van der Waals surface area contributed by atoms with E-state index in [1.165, 1.54) is 5.69 Å². The summed E-state index contributed by atoms with van der Waals surface area (Å²) >= 11 is 0. The van der Waals surface area contributed by atoms with Crippen LogP contribution in [0.15, 0.2) is 78.9 Å². The molecule has 1 aliphatic heterocycles. The van der Waals surface area contributed by atoms with Crippen LogP contribution in [0, 0.1) is 6.92 Å². The first-order valence-electron chi connectivity index (χ1n) is 12.3. The molecule has 0 bridgehead atoms. The van der Waals surface area contributed by atoms with Crippen molar-refractivity contribution in [2.75, 3.05) is 42.9 Å². The SMILES string of the molecule is CCN1CCN(c2ccc(NC(=O)CC(NC(=O)c3ccccc3)c3ccccc3)cc2C)CC1. The molecule has 6 heteroatoms. The number of piperazine rings is 1. The summed E-state index contributed by atoms with van der Waals surface area (Å²) < 4.78 is 0. The smallest absolute Gasteiger partial charge is 0.251 e. The fourth-order valence-corrected chi connectivity index (χ4v) is 4.56. The van der Waals surface area contributed by atoms with Crippen LogP contribution in [-0.4, -0.2) is 49.4 Å². The van der Waals surface area contributed by atoms with E-state index in [0.717, 1.165) is 49.5 Å². The molecule has 1 heterocycles. The molecule has 35 heavy (non-hydrogen) atoms. The summed E-state index contributed by atoms with van der Waals surface area (Å²) in [6.45, 7) is 9.56. The van der Waals surface area contributed by atoms with Gasteiger partial charge in [0.1, 0.15) is 0 Å². The number of likely N-dealkylation sites (N-methyl/N-ethyl adjacent to an activating group) is 1. The van der Waals surface area contributed by atoms with E-state index in [9.17, 15) is 9.59 Å². The van der Waals surface area contributed by atoms with E-state index in [1.54, 1.807) is 12.1 Å². The van der Waals surface area contributed by atoms with Gasteiger partial charge in [0.25, 0.3) is 5.91 Å². The molecule has 1 saturated heterocycles. The van der Waals surface area contributed by atoms with Crippen LogP contribution in [0.3, 0.4) is 0 Å². The standard InChI is InChI=1S/C29H34N4O2/c1-3-32-16-18-33(19-17-32)27-15-14-25(20-22(27)2)30-28(34)21-26(23-10-6-4-7-11-23)31-29(35)24-12-8-5-9-13-24/h4-15,20,26H,3,16-19,21H2,1-2H3,(H,30,34)(H,31,35). The van der Waals surface area contributed by atoms with Crippen molar-refractivity contribution in [1.82, 2.24) is 10.2 Å². The molecule has 2 N–H and O–H groups in total. The van der Waals surface area contributed by atoms with E-state index in [4.69, 9.17) is 0 Å². The third-order valence-corrected chi connectivity index (χ3v) is 6.57. The molecule has 1 unspecified atom stereocenters. The lowest BCUT2D eigenvalue weighted by Crippen LogP contribution is -2.46. The van der Waals surface area contributed by atoms with Gasteiger partial charge in [-0.15, -0.1) is 0 Å². The van der Waals surface area contributed by atoms with Gasteiger partial charge in [-0.25, -0.2) is 0 Å². The number of carbonyl (C=O) groups is 2. The number of hydrogen-bond donors (Lipinski definition) is 2. The zero-order valence-electron chi connectivity index (χ0n) is 20.5. The van der Waals surface area contributed by atoms with Crippen molar-refractivity contribution in [2.45, 2.75) is 26.3 Å². The minimum atomic E-state index is -0.431. The first kappa shape index (κ1) is 24.5. The second-order valence-electron chi connectivity index (χ2n) is 8.98. The van der Waals surface area contributed by atoms with Gasteiger partial charge in [-0.3, -0.25) is 9.59 Å². The fourth-order valence-electron chi connectivity index (χ4n) is 4.56. The maximum atomic E-state index is 13.0. The average molecular weight is 471 g/mol. The first-order chi connectivity index (χ1) is 17.0. The van der Waals surface area contributed by atoms with Gasteiger partial charge in [-0.2, -0.15) is 0 Å². The van der Waals surface area contributed by atoms with Crippen LogP contribution >= 0.6 is 0 Å². The summed E-state index contributed by atoms with van der Waals surface area (Å²) in [6, 6.07) is 24.3. The molecular formula is C29H34N4O2. The van der Waals surface area contributed by atoms with Crippen LogP contribution in [-0.2, 0) is 4.79 Å². The molecule has 4 rings (SSSR count). The summed E-state index contributed by atoms with van der Waals surface area (Å²) in [4.78, 5) is 30.7. The van der Waals surface area contributed by atoms with E-state index in [-0.39, 0.29) is 18.2 Å². The molecule has 0 saturated carbocycles. The van der Waals surface area contributed by atoms with Crippen molar-refractivity contribution >= 4 is 23.2 Å². The summed E-state index contributed by atoms with van der Waals surface area (Å²) in [5.74, 6) is -0.341. The second kappa shape index (κ2) is 11.7. The van der Waals surface area contributed by atoms with Crippen LogP contribution in [0.1, 0.15) is 40.9 Å². The van der Waals surface area contributed by atoms with Crippen LogP contribution in [0.4, 0.5) is 11.4 Å². The molecule has 1 aliphatic rings. The molecule has 0 spiro atoms. The monoisotopic (exact) mass is 470 g/mol. The predicted molar refractivity (Wildman–Crippen MR) is 142 cm³/mol. The Hall–Kier alpha value is -3.64. The molecule has 6 nitrogen and oxygen atoms in total. The van der Waals surface area contributed by atoms with Crippen molar-refractivity contribution in [3.8, 4) is 0 Å². The van der Waals surface area contributed by atoms with Gasteiger partial charge in [0.15, 0.2) is 0 Å². The molecule has 2 amide bonds. The highest BCUT2D eigenvalue weighted by atomic mass is 16.2. The number of hydrogen-bond acceptors (Lipinski definition) is 4. The zero-order valence-corrected chi connectivity index (χ0v) is 20.5. The number of anilines is 2.